The summed E-state index contributed by atoms with van der Waals surface area (Å²) in [5.41, 5.74) is 1.26. The summed E-state index contributed by atoms with van der Waals surface area (Å²) in [6.07, 6.45) is 2.57. The molecule has 1 aliphatic heterocycles. The van der Waals surface area contributed by atoms with Gasteiger partial charge in [0.2, 0.25) is 0 Å². The lowest BCUT2D eigenvalue weighted by molar-refractivity contribution is 0.264. The molecular formula is C13H19IN4S. The van der Waals surface area contributed by atoms with Crippen LogP contribution < -0.4 is 5.32 Å². The Morgan fingerprint density at radius 1 is 1.37 bits per heavy atom. The maximum Gasteiger partial charge on any atom is 0.149 e. The lowest BCUT2D eigenvalue weighted by Crippen LogP contribution is -2.34. The van der Waals surface area contributed by atoms with E-state index in [2.05, 4.69) is 39.9 Å². The highest BCUT2D eigenvalue weighted by Crippen LogP contribution is 2.43. The first-order valence-electron chi connectivity index (χ1n) is 6.73. The van der Waals surface area contributed by atoms with Crippen LogP contribution in [0, 0.1) is 3.57 Å². The summed E-state index contributed by atoms with van der Waals surface area (Å²) in [5.74, 6) is 4.98. The monoisotopic (exact) mass is 390 g/mol. The van der Waals surface area contributed by atoms with Crippen LogP contribution in [0.1, 0.15) is 36.3 Å². The average molecular weight is 390 g/mol. The Hall–Kier alpha value is -0.0800. The van der Waals surface area contributed by atoms with Gasteiger partial charge in [0.25, 0.3) is 0 Å². The van der Waals surface area contributed by atoms with E-state index in [1.807, 2.05) is 18.8 Å². The van der Waals surface area contributed by atoms with Gasteiger partial charge in [-0.3, -0.25) is 4.90 Å². The van der Waals surface area contributed by atoms with Crippen LogP contribution in [-0.2, 0) is 0 Å². The SMILES string of the molecule is CNc1nc(C2CSCCN2C)nc(C2CC2)c1I. The van der Waals surface area contributed by atoms with Gasteiger partial charge in [-0.1, -0.05) is 0 Å². The van der Waals surface area contributed by atoms with E-state index in [1.54, 1.807) is 0 Å². The van der Waals surface area contributed by atoms with Crippen molar-refractivity contribution in [3.63, 3.8) is 0 Å². The molecule has 2 heterocycles. The molecule has 3 rings (SSSR count). The second kappa shape index (κ2) is 5.73. The lowest BCUT2D eigenvalue weighted by Gasteiger charge is -2.31. The zero-order valence-corrected chi connectivity index (χ0v) is 14.3. The fourth-order valence-electron chi connectivity index (χ4n) is 2.38. The van der Waals surface area contributed by atoms with Crippen molar-refractivity contribution in [2.24, 2.45) is 0 Å². The predicted molar refractivity (Wildman–Crippen MR) is 89.0 cm³/mol. The molecule has 0 amide bonds. The van der Waals surface area contributed by atoms with Gasteiger partial charge in [-0.2, -0.15) is 11.8 Å². The van der Waals surface area contributed by atoms with Crippen LogP contribution in [0.15, 0.2) is 0 Å². The molecule has 2 aliphatic rings. The standard InChI is InChI=1S/C13H19IN4S/c1-15-13-10(14)11(8-3-4-8)16-12(17-13)9-7-19-6-5-18(9)2/h8-9H,3-7H2,1-2H3,(H,15,16,17). The van der Waals surface area contributed by atoms with Crippen LogP contribution >= 0.6 is 34.4 Å². The summed E-state index contributed by atoms with van der Waals surface area (Å²) in [4.78, 5) is 12.0. The van der Waals surface area contributed by atoms with Crippen molar-refractivity contribution in [1.29, 1.82) is 0 Å². The molecule has 2 fully saturated rings. The van der Waals surface area contributed by atoms with Gasteiger partial charge in [-0.05, 0) is 42.5 Å². The first kappa shape index (κ1) is 13.9. The van der Waals surface area contributed by atoms with Crippen molar-refractivity contribution in [3.05, 3.63) is 15.1 Å². The lowest BCUT2D eigenvalue weighted by atomic mass is 10.2. The predicted octanol–water partition coefficient (Wildman–Crippen LogP) is 2.72. The molecule has 1 saturated heterocycles. The maximum atomic E-state index is 4.90. The molecule has 1 aliphatic carbocycles. The molecule has 6 heteroatoms. The number of hydrogen-bond donors (Lipinski definition) is 1. The molecule has 1 unspecified atom stereocenters. The third kappa shape index (κ3) is 2.85. The topological polar surface area (TPSA) is 41.1 Å². The Labute approximate surface area is 132 Å². The molecule has 1 aromatic rings. The molecular weight excluding hydrogens is 371 g/mol. The van der Waals surface area contributed by atoms with Gasteiger partial charge >= 0.3 is 0 Å². The number of thioether (sulfide) groups is 1. The minimum absolute atomic E-state index is 0.361. The van der Waals surface area contributed by atoms with E-state index in [0.717, 1.165) is 23.9 Å². The molecule has 1 N–H and O–H groups in total. The van der Waals surface area contributed by atoms with Crippen LogP contribution in [0.3, 0.4) is 0 Å². The van der Waals surface area contributed by atoms with Gasteiger partial charge in [-0.25, -0.2) is 9.97 Å². The highest BCUT2D eigenvalue weighted by Gasteiger charge is 2.31. The van der Waals surface area contributed by atoms with Gasteiger partial charge < -0.3 is 5.32 Å². The molecule has 0 spiro atoms. The van der Waals surface area contributed by atoms with Crippen LogP contribution in [0.25, 0.3) is 0 Å². The number of hydrogen-bond acceptors (Lipinski definition) is 5. The van der Waals surface area contributed by atoms with E-state index in [4.69, 9.17) is 9.97 Å². The highest BCUT2D eigenvalue weighted by molar-refractivity contribution is 14.1. The van der Waals surface area contributed by atoms with Crippen LogP contribution in [-0.4, -0.2) is 47.0 Å². The molecule has 0 radical (unpaired) electrons. The van der Waals surface area contributed by atoms with E-state index >= 15 is 0 Å². The Balaban J connectivity index is 1.98. The third-order valence-electron chi connectivity index (χ3n) is 3.79. The minimum atomic E-state index is 0.361. The summed E-state index contributed by atoms with van der Waals surface area (Å²) in [7, 11) is 4.13. The van der Waals surface area contributed by atoms with Crippen LogP contribution in [0.5, 0.6) is 0 Å². The molecule has 4 nitrogen and oxygen atoms in total. The Bertz CT molecular complexity index is 478. The maximum absolute atomic E-state index is 4.90. The fraction of sp³-hybridized carbons (Fsp3) is 0.692. The van der Waals surface area contributed by atoms with Crippen molar-refractivity contribution in [1.82, 2.24) is 14.9 Å². The number of nitrogens with one attached hydrogen (secondary N) is 1. The van der Waals surface area contributed by atoms with Crippen molar-refractivity contribution < 1.29 is 0 Å². The molecule has 104 valence electrons. The van der Waals surface area contributed by atoms with E-state index in [-0.39, 0.29) is 0 Å². The normalized spacial score (nSPS) is 24.5. The molecule has 0 bridgehead atoms. The van der Waals surface area contributed by atoms with Crippen LogP contribution in [0.4, 0.5) is 5.82 Å². The van der Waals surface area contributed by atoms with E-state index in [9.17, 15) is 0 Å². The number of aromatic nitrogens is 2. The van der Waals surface area contributed by atoms with E-state index in [1.165, 1.54) is 27.9 Å². The van der Waals surface area contributed by atoms with Crippen molar-refractivity contribution in [2.45, 2.75) is 24.8 Å². The van der Waals surface area contributed by atoms with Crippen LogP contribution in [0.2, 0.25) is 0 Å². The second-order valence-electron chi connectivity index (χ2n) is 5.23. The van der Waals surface area contributed by atoms with Crippen molar-refractivity contribution in [3.8, 4) is 0 Å². The van der Waals surface area contributed by atoms with Crippen molar-refractivity contribution in [2.75, 3.05) is 37.5 Å². The zero-order chi connectivity index (χ0) is 13.4. The quantitative estimate of drug-likeness (QED) is 0.804. The number of halogens is 1. The zero-order valence-electron chi connectivity index (χ0n) is 11.3. The molecule has 1 atom stereocenters. The van der Waals surface area contributed by atoms with Gasteiger partial charge in [0.1, 0.15) is 11.6 Å². The number of anilines is 1. The molecule has 19 heavy (non-hydrogen) atoms. The Morgan fingerprint density at radius 3 is 2.79 bits per heavy atom. The average Bonchev–Trinajstić information content (AvgIpc) is 3.24. The minimum Gasteiger partial charge on any atom is -0.372 e. The van der Waals surface area contributed by atoms with E-state index < -0.39 is 0 Å². The van der Waals surface area contributed by atoms with Gasteiger partial charge in [0.05, 0.1) is 15.3 Å². The van der Waals surface area contributed by atoms with Gasteiger partial charge in [-0.15, -0.1) is 0 Å². The summed E-state index contributed by atoms with van der Waals surface area (Å²) < 4.78 is 1.21. The van der Waals surface area contributed by atoms with Crippen molar-refractivity contribution >= 4 is 40.2 Å². The fourth-order valence-corrected chi connectivity index (χ4v) is 4.54. The van der Waals surface area contributed by atoms with Gasteiger partial charge in [0, 0.05) is 31.0 Å². The van der Waals surface area contributed by atoms with Gasteiger partial charge in [0.15, 0.2) is 0 Å². The molecule has 1 saturated carbocycles. The Morgan fingerprint density at radius 2 is 2.16 bits per heavy atom. The second-order valence-corrected chi connectivity index (χ2v) is 7.45. The smallest absolute Gasteiger partial charge is 0.149 e. The third-order valence-corrected chi connectivity index (χ3v) is 5.88. The summed E-state index contributed by atoms with van der Waals surface area (Å²) in [6.45, 7) is 1.12. The van der Waals surface area contributed by atoms with E-state index in [0.29, 0.717) is 12.0 Å². The summed E-state index contributed by atoms with van der Waals surface area (Å²) >= 11 is 4.39. The molecule has 0 aromatic carbocycles. The Kier molecular flexibility index (Phi) is 4.19. The summed E-state index contributed by atoms with van der Waals surface area (Å²) in [6, 6.07) is 0.361. The highest BCUT2D eigenvalue weighted by atomic mass is 127. The largest absolute Gasteiger partial charge is 0.372 e. The first-order chi connectivity index (χ1) is 9.20. The number of rotatable bonds is 3. The first-order valence-corrected chi connectivity index (χ1v) is 8.97. The molecule has 1 aromatic heterocycles. The number of nitrogens with zero attached hydrogens (tertiary/aromatic N) is 3. The summed E-state index contributed by atoms with van der Waals surface area (Å²) in [5, 5.41) is 3.23.